The Hall–Kier alpha value is -3.93. The van der Waals surface area contributed by atoms with Crippen LogP contribution in [-0.4, -0.2) is 84.4 Å². The van der Waals surface area contributed by atoms with Crippen molar-refractivity contribution in [2.75, 3.05) is 37.9 Å². The molecule has 1 saturated heterocycles. The van der Waals surface area contributed by atoms with E-state index in [1.807, 2.05) is 34.1 Å². The smallest absolute Gasteiger partial charge is 0.410 e. The summed E-state index contributed by atoms with van der Waals surface area (Å²) < 4.78 is 36.6. The molecule has 2 amide bonds. The van der Waals surface area contributed by atoms with Gasteiger partial charge < -0.3 is 14.4 Å². The molecule has 12 heteroatoms. The number of pyridine rings is 1. The highest BCUT2D eigenvalue weighted by atomic mass is 32.2. The van der Waals surface area contributed by atoms with Crippen molar-refractivity contribution in [3.8, 4) is 16.9 Å². The van der Waals surface area contributed by atoms with Gasteiger partial charge in [0.2, 0.25) is 5.91 Å². The van der Waals surface area contributed by atoms with Crippen LogP contribution in [0, 0.1) is 18.8 Å². The number of ether oxygens (including phenoxy) is 2. The number of hydrogen-bond donors (Lipinski definition) is 0. The van der Waals surface area contributed by atoms with Crippen molar-refractivity contribution in [3.05, 3.63) is 60.0 Å². The molecule has 1 aromatic carbocycles. The van der Waals surface area contributed by atoms with Crippen molar-refractivity contribution < 1.29 is 27.5 Å². The van der Waals surface area contributed by atoms with E-state index in [0.29, 0.717) is 49.9 Å². The molecule has 3 fully saturated rings. The fraction of sp³-hybridized carbons (Fsp3) is 0.579. The molecule has 0 spiro atoms. The second kappa shape index (κ2) is 15.1. The fourth-order valence-corrected chi connectivity index (χ4v) is 8.53. The quantitative estimate of drug-likeness (QED) is 0.232. The zero-order chi connectivity index (χ0) is 35.6. The summed E-state index contributed by atoms with van der Waals surface area (Å²) in [5.74, 6) is 2.29. The van der Waals surface area contributed by atoms with Gasteiger partial charge in [-0.3, -0.25) is 14.4 Å². The summed E-state index contributed by atoms with van der Waals surface area (Å²) in [5, 5.41) is 4.00. The second-order valence-corrected chi connectivity index (χ2v) is 17.1. The van der Waals surface area contributed by atoms with Crippen LogP contribution in [0.5, 0.6) is 5.75 Å². The van der Waals surface area contributed by atoms with Crippen molar-refractivity contribution in [1.29, 1.82) is 0 Å². The van der Waals surface area contributed by atoms with E-state index in [1.54, 1.807) is 13.3 Å². The molecule has 6 rings (SSSR count). The predicted molar refractivity (Wildman–Crippen MR) is 193 cm³/mol. The number of sulfone groups is 1. The first-order valence-electron chi connectivity index (χ1n) is 18.0. The predicted octanol–water partition coefficient (Wildman–Crippen LogP) is 6.57. The Morgan fingerprint density at radius 1 is 0.980 bits per heavy atom. The number of rotatable bonds is 10. The average Bonchev–Trinajstić information content (AvgIpc) is 3.57. The summed E-state index contributed by atoms with van der Waals surface area (Å²) in [7, 11) is -1.46. The van der Waals surface area contributed by atoms with Gasteiger partial charge in [0.05, 0.1) is 18.6 Å². The fourth-order valence-electron chi connectivity index (χ4n) is 7.63. The van der Waals surface area contributed by atoms with Gasteiger partial charge in [0.1, 0.15) is 17.7 Å². The highest BCUT2D eigenvalue weighted by Crippen LogP contribution is 2.39. The van der Waals surface area contributed by atoms with Gasteiger partial charge in [-0.1, -0.05) is 12.1 Å². The third-order valence-corrected chi connectivity index (χ3v) is 12.4. The van der Waals surface area contributed by atoms with E-state index < -0.39 is 21.2 Å². The van der Waals surface area contributed by atoms with Gasteiger partial charge in [-0.25, -0.2) is 18.2 Å². The highest BCUT2D eigenvalue weighted by molar-refractivity contribution is 7.91. The number of carbonyl (C=O) groups is 2. The minimum Gasteiger partial charge on any atom is -0.496 e. The van der Waals surface area contributed by atoms with Crippen molar-refractivity contribution in [2.45, 2.75) is 95.5 Å². The summed E-state index contributed by atoms with van der Waals surface area (Å²) in [6.07, 6.45) is 12.7. The topological polar surface area (TPSA) is 124 Å². The maximum Gasteiger partial charge on any atom is 0.410 e. The molecule has 50 heavy (non-hydrogen) atoms. The zero-order valence-corrected chi connectivity index (χ0v) is 30.8. The van der Waals surface area contributed by atoms with Gasteiger partial charge in [-0.2, -0.15) is 5.10 Å². The summed E-state index contributed by atoms with van der Waals surface area (Å²) in [4.78, 5) is 35.2. The summed E-state index contributed by atoms with van der Waals surface area (Å²) in [6.45, 7) is 7.23. The lowest BCUT2D eigenvalue weighted by Crippen LogP contribution is -2.57. The molecule has 0 radical (unpaired) electrons. The van der Waals surface area contributed by atoms with Gasteiger partial charge in [0, 0.05) is 55.8 Å². The zero-order valence-electron chi connectivity index (χ0n) is 30.0. The van der Waals surface area contributed by atoms with Crippen LogP contribution in [0.4, 0.5) is 10.6 Å². The Bertz CT molecular complexity index is 1770. The van der Waals surface area contributed by atoms with Gasteiger partial charge in [0.15, 0.2) is 9.84 Å². The Morgan fingerprint density at radius 3 is 2.32 bits per heavy atom. The van der Waals surface area contributed by atoms with E-state index in [0.717, 1.165) is 48.1 Å². The first-order valence-corrected chi connectivity index (χ1v) is 20.0. The highest BCUT2D eigenvalue weighted by Gasteiger charge is 2.40. The normalized spacial score (nSPS) is 23.0. The number of carbonyl (C=O) groups excluding carboxylic acids is 2. The van der Waals surface area contributed by atoms with Crippen LogP contribution >= 0.6 is 0 Å². The van der Waals surface area contributed by atoms with Crippen LogP contribution < -0.4 is 9.64 Å². The molecule has 0 bridgehead atoms. The number of hydrogen-bond acceptors (Lipinski definition) is 8. The molecule has 2 saturated carbocycles. The lowest BCUT2D eigenvalue weighted by molar-refractivity contribution is -0.124. The lowest BCUT2D eigenvalue weighted by Gasteiger charge is -2.39. The van der Waals surface area contributed by atoms with Gasteiger partial charge in [-0.15, -0.1) is 0 Å². The van der Waals surface area contributed by atoms with Crippen LogP contribution in [0.1, 0.15) is 88.3 Å². The third kappa shape index (κ3) is 8.16. The number of nitrogens with zero attached hydrogens (tertiary/aromatic N) is 5. The van der Waals surface area contributed by atoms with Crippen LogP contribution in [0.3, 0.4) is 0 Å². The minimum atomic E-state index is -3.17. The van der Waals surface area contributed by atoms with E-state index in [-0.39, 0.29) is 37.1 Å². The molecule has 3 aromatic rings. The van der Waals surface area contributed by atoms with Crippen LogP contribution in [0.25, 0.3) is 11.1 Å². The molecule has 11 nitrogen and oxygen atoms in total. The Balaban J connectivity index is 1.13. The Morgan fingerprint density at radius 2 is 1.70 bits per heavy atom. The largest absolute Gasteiger partial charge is 0.496 e. The molecule has 270 valence electrons. The molecule has 0 N–H and O–H groups in total. The van der Waals surface area contributed by atoms with E-state index in [4.69, 9.17) is 14.5 Å². The average molecular weight is 706 g/mol. The molecular weight excluding hydrogens is 655 g/mol. The first kappa shape index (κ1) is 35.9. The van der Waals surface area contributed by atoms with E-state index >= 15 is 0 Å². The van der Waals surface area contributed by atoms with Gasteiger partial charge in [0.25, 0.3) is 0 Å². The summed E-state index contributed by atoms with van der Waals surface area (Å²) in [5.41, 5.74) is 4.46. The van der Waals surface area contributed by atoms with Crippen LogP contribution in [0.15, 0.2) is 48.9 Å². The van der Waals surface area contributed by atoms with Crippen molar-refractivity contribution in [3.63, 3.8) is 0 Å². The molecule has 2 aromatic heterocycles. The van der Waals surface area contributed by atoms with E-state index in [2.05, 4.69) is 44.1 Å². The molecule has 2 aliphatic carbocycles. The summed E-state index contributed by atoms with van der Waals surface area (Å²) in [6, 6.07) is 10.7. The Labute approximate surface area is 296 Å². The van der Waals surface area contributed by atoms with E-state index in [9.17, 15) is 18.0 Å². The standard InChI is InChI=1S/C38H51N5O6S/c1-25(2)43-22-32(20-40-43)31-16-17-39-36(19-31)42(21-27-6-8-28(9-7-27)30-12-15-35(48-4)26(3)18-30)37(44)29-10-13-33(14-11-29)49-38(45)41-23-34(24-41)50(5,46)47/h12,15-20,22,25,27-29,33-34H,6-11,13-14,21,23-24H2,1-5H3. The number of likely N-dealkylation sites (tertiary alicyclic amines) is 1. The van der Waals surface area contributed by atoms with Gasteiger partial charge >= 0.3 is 6.09 Å². The molecule has 3 heterocycles. The SMILES string of the molecule is COc1ccc(C2CCC(CN(C(=O)C3CCC(OC(=O)N4CC(S(C)(=O)=O)C4)CC3)c3cc(-c4cnn(C(C)C)c4)ccn3)CC2)cc1C. The van der Waals surface area contributed by atoms with Crippen LogP contribution in [-0.2, 0) is 19.4 Å². The Kier molecular flexibility index (Phi) is 10.9. The van der Waals surface area contributed by atoms with Crippen LogP contribution in [0.2, 0.25) is 0 Å². The molecular formula is C38H51N5O6S. The monoisotopic (exact) mass is 705 g/mol. The maximum absolute atomic E-state index is 14.4. The van der Waals surface area contributed by atoms with Gasteiger partial charge in [-0.05, 0) is 119 Å². The molecule has 0 unspecified atom stereocenters. The lowest BCUT2D eigenvalue weighted by atomic mass is 9.78. The number of anilines is 1. The third-order valence-electron chi connectivity index (χ3n) is 10.9. The maximum atomic E-state index is 14.4. The minimum absolute atomic E-state index is 0.0731. The summed E-state index contributed by atoms with van der Waals surface area (Å²) >= 11 is 0. The number of aryl methyl sites for hydroxylation is 1. The first-order chi connectivity index (χ1) is 23.9. The van der Waals surface area contributed by atoms with Crippen molar-refractivity contribution >= 4 is 27.7 Å². The second-order valence-electron chi connectivity index (χ2n) is 14.8. The molecule has 0 atom stereocenters. The molecule has 1 aliphatic heterocycles. The van der Waals surface area contributed by atoms with Crippen molar-refractivity contribution in [2.24, 2.45) is 11.8 Å². The van der Waals surface area contributed by atoms with E-state index in [1.165, 1.54) is 16.7 Å². The molecule has 3 aliphatic rings. The number of methoxy groups -OCH3 is 1. The number of amides is 2. The number of aromatic nitrogens is 3. The van der Waals surface area contributed by atoms with Crippen molar-refractivity contribution in [1.82, 2.24) is 19.7 Å². The number of benzene rings is 1.